The van der Waals surface area contributed by atoms with Crippen molar-refractivity contribution in [3.63, 3.8) is 0 Å². The predicted molar refractivity (Wildman–Crippen MR) is 60.8 cm³/mol. The van der Waals surface area contributed by atoms with Crippen molar-refractivity contribution >= 4 is 0 Å². The van der Waals surface area contributed by atoms with Crippen LogP contribution in [0, 0.1) is 0 Å². The standard InChI is InChI=1S/C11H25NO3/c1-11(12,10-13)6-3-4-8-15-9-5-7-14-2/h13H,3-10,12H2,1-2H3. The summed E-state index contributed by atoms with van der Waals surface area (Å²) < 4.78 is 10.3. The van der Waals surface area contributed by atoms with E-state index in [1.54, 1.807) is 7.11 Å². The zero-order chi connectivity index (χ0) is 11.6. The molecule has 15 heavy (non-hydrogen) atoms. The summed E-state index contributed by atoms with van der Waals surface area (Å²) in [5.74, 6) is 0. The molecule has 0 aliphatic carbocycles. The van der Waals surface area contributed by atoms with Gasteiger partial charge in [-0.3, -0.25) is 0 Å². The van der Waals surface area contributed by atoms with Crippen LogP contribution in [-0.2, 0) is 9.47 Å². The van der Waals surface area contributed by atoms with Gasteiger partial charge in [0.15, 0.2) is 0 Å². The maximum atomic E-state index is 8.92. The molecule has 0 aromatic heterocycles. The van der Waals surface area contributed by atoms with E-state index in [9.17, 15) is 0 Å². The Hall–Kier alpha value is -0.160. The molecule has 0 aromatic carbocycles. The second-order valence-electron chi connectivity index (χ2n) is 4.23. The van der Waals surface area contributed by atoms with E-state index in [0.29, 0.717) is 0 Å². The third-order valence-electron chi connectivity index (χ3n) is 2.28. The molecule has 0 radical (unpaired) electrons. The van der Waals surface area contributed by atoms with E-state index in [2.05, 4.69) is 0 Å². The third-order valence-corrected chi connectivity index (χ3v) is 2.28. The molecule has 0 saturated heterocycles. The van der Waals surface area contributed by atoms with Gasteiger partial charge in [-0.25, -0.2) is 0 Å². The van der Waals surface area contributed by atoms with Crippen LogP contribution in [0.2, 0.25) is 0 Å². The summed E-state index contributed by atoms with van der Waals surface area (Å²) in [6.45, 7) is 4.19. The number of ether oxygens (including phenoxy) is 2. The Morgan fingerprint density at radius 1 is 1.13 bits per heavy atom. The summed E-state index contributed by atoms with van der Waals surface area (Å²) in [7, 11) is 1.69. The second kappa shape index (κ2) is 9.09. The highest BCUT2D eigenvalue weighted by atomic mass is 16.5. The summed E-state index contributed by atoms with van der Waals surface area (Å²) in [5.41, 5.74) is 5.35. The van der Waals surface area contributed by atoms with Gasteiger partial charge < -0.3 is 20.3 Å². The molecule has 1 atom stereocenters. The molecule has 1 unspecified atom stereocenters. The van der Waals surface area contributed by atoms with Crippen LogP contribution < -0.4 is 5.73 Å². The summed E-state index contributed by atoms with van der Waals surface area (Å²) in [6, 6.07) is 0. The molecule has 0 amide bonds. The highest BCUT2D eigenvalue weighted by molar-refractivity contribution is 4.76. The van der Waals surface area contributed by atoms with Crippen LogP contribution in [-0.4, -0.2) is 44.2 Å². The maximum Gasteiger partial charge on any atom is 0.0608 e. The molecule has 0 rings (SSSR count). The Labute approximate surface area is 92.7 Å². The minimum absolute atomic E-state index is 0.0433. The maximum absolute atomic E-state index is 8.92. The van der Waals surface area contributed by atoms with E-state index in [-0.39, 0.29) is 6.61 Å². The van der Waals surface area contributed by atoms with Crippen molar-refractivity contribution in [1.82, 2.24) is 0 Å². The Kier molecular flexibility index (Phi) is 9.00. The van der Waals surface area contributed by atoms with Crippen molar-refractivity contribution in [2.45, 2.75) is 38.1 Å². The Morgan fingerprint density at radius 3 is 2.40 bits per heavy atom. The molecular formula is C11H25NO3. The molecule has 92 valence electrons. The van der Waals surface area contributed by atoms with Gasteiger partial charge in [-0.1, -0.05) is 0 Å². The van der Waals surface area contributed by atoms with Gasteiger partial charge in [0, 0.05) is 32.5 Å². The van der Waals surface area contributed by atoms with Gasteiger partial charge in [0.2, 0.25) is 0 Å². The summed E-state index contributed by atoms with van der Waals surface area (Å²) >= 11 is 0. The lowest BCUT2D eigenvalue weighted by Gasteiger charge is -2.21. The zero-order valence-electron chi connectivity index (χ0n) is 10.00. The number of hydrogen-bond donors (Lipinski definition) is 2. The van der Waals surface area contributed by atoms with Crippen molar-refractivity contribution in [1.29, 1.82) is 0 Å². The smallest absolute Gasteiger partial charge is 0.0608 e. The average Bonchev–Trinajstić information content (AvgIpc) is 2.22. The molecule has 0 spiro atoms. The minimum atomic E-state index is -0.434. The fourth-order valence-corrected chi connectivity index (χ4v) is 1.22. The number of aliphatic hydroxyl groups is 1. The number of aliphatic hydroxyl groups excluding tert-OH is 1. The van der Waals surface area contributed by atoms with E-state index >= 15 is 0 Å². The second-order valence-corrected chi connectivity index (χ2v) is 4.23. The monoisotopic (exact) mass is 219 g/mol. The number of methoxy groups -OCH3 is 1. The van der Waals surface area contributed by atoms with Gasteiger partial charge in [-0.15, -0.1) is 0 Å². The van der Waals surface area contributed by atoms with Crippen LogP contribution in [0.3, 0.4) is 0 Å². The highest BCUT2D eigenvalue weighted by Gasteiger charge is 2.15. The SMILES string of the molecule is COCCCOCCCCC(C)(N)CO. The van der Waals surface area contributed by atoms with Gasteiger partial charge in [-0.2, -0.15) is 0 Å². The lowest BCUT2D eigenvalue weighted by Crippen LogP contribution is -2.39. The number of unbranched alkanes of at least 4 members (excludes halogenated alkanes) is 1. The summed E-state index contributed by atoms with van der Waals surface area (Å²) in [6.07, 6.45) is 3.78. The van der Waals surface area contributed by atoms with Crippen LogP contribution in [0.4, 0.5) is 0 Å². The molecule has 0 aliphatic heterocycles. The molecule has 0 aliphatic rings. The first kappa shape index (κ1) is 14.8. The molecule has 3 N–H and O–H groups in total. The quantitative estimate of drug-likeness (QED) is 0.536. The van der Waals surface area contributed by atoms with Crippen LogP contribution >= 0.6 is 0 Å². The third kappa shape index (κ3) is 10.1. The fraction of sp³-hybridized carbons (Fsp3) is 1.00. The van der Waals surface area contributed by atoms with Crippen molar-refractivity contribution in [3.8, 4) is 0 Å². The Bertz CT molecular complexity index is 140. The summed E-state index contributed by atoms with van der Waals surface area (Å²) in [5, 5.41) is 8.92. The molecule has 0 saturated carbocycles. The van der Waals surface area contributed by atoms with Crippen molar-refractivity contribution in [2.24, 2.45) is 5.73 Å². The fourth-order valence-electron chi connectivity index (χ4n) is 1.22. The Morgan fingerprint density at radius 2 is 1.80 bits per heavy atom. The van der Waals surface area contributed by atoms with Gasteiger partial charge in [-0.05, 0) is 32.6 Å². The molecule has 4 nitrogen and oxygen atoms in total. The van der Waals surface area contributed by atoms with E-state index in [0.717, 1.165) is 45.5 Å². The molecule has 0 aromatic rings. The normalized spacial score (nSPS) is 15.2. The van der Waals surface area contributed by atoms with Crippen LogP contribution in [0.25, 0.3) is 0 Å². The lowest BCUT2D eigenvalue weighted by molar-refractivity contribution is 0.0983. The van der Waals surface area contributed by atoms with E-state index in [1.165, 1.54) is 0 Å². The lowest BCUT2D eigenvalue weighted by atomic mass is 9.97. The number of hydrogen-bond acceptors (Lipinski definition) is 4. The van der Waals surface area contributed by atoms with Crippen LogP contribution in [0.5, 0.6) is 0 Å². The molecule has 0 bridgehead atoms. The van der Waals surface area contributed by atoms with Gasteiger partial charge in [0.05, 0.1) is 6.61 Å². The predicted octanol–water partition coefficient (Wildman–Crippen LogP) is 0.920. The van der Waals surface area contributed by atoms with Crippen LogP contribution in [0.15, 0.2) is 0 Å². The molecule has 4 heteroatoms. The van der Waals surface area contributed by atoms with Crippen molar-refractivity contribution < 1.29 is 14.6 Å². The number of rotatable bonds is 10. The first-order chi connectivity index (χ1) is 7.12. The number of nitrogens with two attached hydrogens (primary N) is 1. The van der Waals surface area contributed by atoms with E-state index in [1.807, 2.05) is 6.92 Å². The molecule has 0 fully saturated rings. The van der Waals surface area contributed by atoms with Gasteiger partial charge in [0.25, 0.3) is 0 Å². The Balaban J connectivity index is 3.11. The highest BCUT2D eigenvalue weighted by Crippen LogP contribution is 2.09. The van der Waals surface area contributed by atoms with E-state index in [4.69, 9.17) is 20.3 Å². The van der Waals surface area contributed by atoms with Gasteiger partial charge in [0.1, 0.15) is 0 Å². The largest absolute Gasteiger partial charge is 0.394 e. The average molecular weight is 219 g/mol. The topological polar surface area (TPSA) is 64.7 Å². The summed E-state index contributed by atoms with van der Waals surface area (Å²) in [4.78, 5) is 0. The molecular weight excluding hydrogens is 194 g/mol. The van der Waals surface area contributed by atoms with Crippen LogP contribution in [0.1, 0.15) is 32.6 Å². The zero-order valence-corrected chi connectivity index (χ0v) is 10.00. The van der Waals surface area contributed by atoms with Crippen molar-refractivity contribution in [2.75, 3.05) is 33.5 Å². The first-order valence-corrected chi connectivity index (χ1v) is 5.59. The van der Waals surface area contributed by atoms with Crippen molar-refractivity contribution in [3.05, 3.63) is 0 Å². The minimum Gasteiger partial charge on any atom is -0.394 e. The van der Waals surface area contributed by atoms with E-state index < -0.39 is 5.54 Å². The van der Waals surface area contributed by atoms with Gasteiger partial charge >= 0.3 is 0 Å². The first-order valence-electron chi connectivity index (χ1n) is 5.59. The molecule has 0 heterocycles.